The summed E-state index contributed by atoms with van der Waals surface area (Å²) in [6.45, 7) is 0. The van der Waals surface area contributed by atoms with E-state index in [9.17, 15) is 4.79 Å². The average Bonchev–Trinajstić information content (AvgIpc) is 2.38. The highest BCUT2D eigenvalue weighted by Gasteiger charge is 2.29. The predicted molar refractivity (Wildman–Crippen MR) is 81.2 cm³/mol. The van der Waals surface area contributed by atoms with Crippen LogP contribution < -0.4 is 0 Å². The third-order valence-electron chi connectivity index (χ3n) is 5.39. The number of carbonyl (C=O) groups excluding carboxylic acids is 1. The zero-order valence-electron chi connectivity index (χ0n) is 12.7. The average molecular weight is 264 g/mol. The lowest BCUT2D eigenvalue weighted by atomic mass is 9.69. The summed E-state index contributed by atoms with van der Waals surface area (Å²) >= 11 is 0. The van der Waals surface area contributed by atoms with Crippen molar-refractivity contribution in [2.24, 2.45) is 11.8 Å². The number of rotatable bonds is 0. The van der Waals surface area contributed by atoms with Crippen LogP contribution >= 0.6 is 0 Å². The molecule has 19 heavy (non-hydrogen) atoms. The van der Waals surface area contributed by atoms with Gasteiger partial charge in [0, 0.05) is 12.8 Å². The Kier molecular flexibility index (Phi) is 6.95. The van der Waals surface area contributed by atoms with Gasteiger partial charge in [-0.05, 0) is 37.5 Å². The van der Waals surface area contributed by atoms with Crippen LogP contribution in [0.3, 0.4) is 0 Å². The predicted octanol–water partition coefficient (Wildman–Crippen LogP) is 5.67. The van der Waals surface area contributed by atoms with Crippen molar-refractivity contribution in [3.05, 3.63) is 0 Å². The van der Waals surface area contributed by atoms with Gasteiger partial charge in [-0.25, -0.2) is 0 Å². The lowest BCUT2D eigenvalue weighted by Crippen LogP contribution is -2.25. The van der Waals surface area contributed by atoms with Crippen molar-refractivity contribution in [3.63, 3.8) is 0 Å². The molecule has 0 spiro atoms. The van der Waals surface area contributed by atoms with E-state index in [0.29, 0.717) is 5.78 Å². The van der Waals surface area contributed by atoms with Gasteiger partial charge in [-0.3, -0.25) is 4.79 Å². The molecule has 0 saturated heterocycles. The molecule has 0 aromatic rings. The molecule has 2 aliphatic carbocycles. The molecule has 0 radical (unpaired) electrons. The molecule has 2 unspecified atom stereocenters. The van der Waals surface area contributed by atoms with E-state index in [1.807, 2.05) is 0 Å². The van der Waals surface area contributed by atoms with Gasteiger partial charge in [0.05, 0.1) is 0 Å². The topological polar surface area (TPSA) is 17.1 Å². The van der Waals surface area contributed by atoms with E-state index in [4.69, 9.17) is 0 Å². The van der Waals surface area contributed by atoms with Crippen LogP contribution in [0, 0.1) is 11.8 Å². The van der Waals surface area contributed by atoms with Gasteiger partial charge in [0.1, 0.15) is 5.78 Å². The first kappa shape index (κ1) is 15.1. The van der Waals surface area contributed by atoms with E-state index in [0.717, 1.165) is 37.5 Å². The Labute approximate surface area is 119 Å². The number of hydrogen-bond donors (Lipinski definition) is 0. The van der Waals surface area contributed by atoms with Gasteiger partial charge in [-0.2, -0.15) is 0 Å². The van der Waals surface area contributed by atoms with Gasteiger partial charge < -0.3 is 0 Å². The SMILES string of the molecule is O=C1CCCCCCCC2CCC2CCCCCC1. The van der Waals surface area contributed by atoms with Crippen LogP contribution in [0.4, 0.5) is 0 Å². The summed E-state index contributed by atoms with van der Waals surface area (Å²) in [4.78, 5) is 11.7. The molecule has 0 amide bonds. The first-order valence-electron chi connectivity index (χ1n) is 8.88. The molecule has 2 fully saturated rings. The minimum Gasteiger partial charge on any atom is -0.300 e. The van der Waals surface area contributed by atoms with Crippen LogP contribution in [-0.4, -0.2) is 5.78 Å². The maximum Gasteiger partial charge on any atom is 0.132 e. The summed E-state index contributed by atoms with van der Waals surface area (Å²) in [6, 6.07) is 0. The Morgan fingerprint density at radius 3 is 1.42 bits per heavy atom. The molecule has 1 nitrogen and oxygen atoms in total. The number of carbonyl (C=O) groups is 1. The molecule has 2 rings (SSSR count). The number of Topliss-reactive ketones (excluding diaryl/α,β-unsaturated/α-hetero) is 1. The van der Waals surface area contributed by atoms with Crippen LogP contribution in [-0.2, 0) is 4.79 Å². The maximum atomic E-state index is 11.7. The standard InChI is InChI=1S/C18H32O/c19-18-12-8-3-1-2-6-10-16-14-15-17(16)11-7-4-5-9-13-18/h16-17H,1-15H2. The van der Waals surface area contributed by atoms with Crippen molar-refractivity contribution in [1.82, 2.24) is 0 Å². The van der Waals surface area contributed by atoms with E-state index >= 15 is 0 Å². The number of fused-ring (bicyclic) bond motifs is 1. The Morgan fingerprint density at radius 1 is 0.526 bits per heavy atom. The molecular weight excluding hydrogens is 232 g/mol. The smallest absolute Gasteiger partial charge is 0.132 e. The van der Waals surface area contributed by atoms with E-state index in [1.165, 1.54) is 70.6 Å². The lowest BCUT2D eigenvalue weighted by molar-refractivity contribution is -0.119. The van der Waals surface area contributed by atoms with E-state index < -0.39 is 0 Å². The molecular formula is C18H32O. The first-order valence-corrected chi connectivity index (χ1v) is 8.88. The molecule has 0 heterocycles. The Morgan fingerprint density at radius 2 is 0.947 bits per heavy atom. The molecule has 110 valence electrons. The van der Waals surface area contributed by atoms with Gasteiger partial charge >= 0.3 is 0 Å². The summed E-state index contributed by atoms with van der Waals surface area (Å²) in [5.74, 6) is 2.66. The van der Waals surface area contributed by atoms with Gasteiger partial charge in [0.25, 0.3) is 0 Å². The summed E-state index contributed by atoms with van der Waals surface area (Å²) in [5, 5.41) is 0. The molecule has 0 bridgehead atoms. The van der Waals surface area contributed by atoms with Crippen molar-refractivity contribution in [2.45, 2.75) is 96.3 Å². The molecule has 0 N–H and O–H groups in total. The normalized spacial score (nSPS) is 32.3. The quantitative estimate of drug-likeness (QED) is 0.551. The van der Waals surface area contributed by atoms with Crippen molar-refractivity contribution in [2.75, 3.05) is 0 Å². The number of hydrogen-bond acceptors (Lipinski definition) is 1. The molecule has 2 saturated carbocycles. The van der Waals surface area contributed by atoms with Crippen LogP contribution in [0.25, 0.3) is 0 Å². The monoisotopic (exact) mass is 264 g/mol. The highest BCUT2D eigenvalue weighted by atomic mass is 16.1. The summed E-state index contributed by atoms with van der Waals surface area (Å²) < 4.78 is 0. The molecule has 0 aromatic heterocycles. The third-order valence-corrected chi connectivity index (χ3v) is 5.39. The highest BCUT2D eigenvalue weighted by molar-refractivity contribution is 5.78. The van der Waals surface area contributed by atoms with Crippen LogP contribution in [0.1, 0.15) is 96.3 Å². The lowest BCUT2D eigenvalue weighted by Gasteiger charge is -2.37. The first-order chi connectivity index (χ1) is 9.36. The van der Waals surface area contributed by atoms with Crippen LogP contribution in [0.5, 0.6) is 0 Å². The molecule has 1 heteroatoms. The van der Waals surface area contributed by atoms with Gasteiger partial charge in [-0.15, -0.1) is 0 Å². The molecule has 0 aromatic carbocycles. The summed E-state index contributed by atoms with van der Waals surface area (Å²) in [6.07, 6.45) is 19.5. The summed E-state index contributed by atoms with van der Waals surface area (Å²) in [7, 11) is 0. The van der Waals surface area contributed by atoms with E-state index in [1.54, 1.807) is 0 Å². The van der Waals surface area contributed by atoms with E-state index in [-0.39, 0.29) is 0 Å². The zero-order valence-corrected chi connectivity index (χ0v) is 12.7. The molecule has 0 aliphatic heterocycles. The van der Waals surface area contributed by atoms with Crippen LogP contribution in [0.2, 0.25) is 0 Å². The number of ketones is 1. The zero-order chi connectivity index (χ0) is 13.3. The van der Waals surface area contributed by atoms with Crippen molar-refractivity contribution in [3.8, 4) is 0 Å². The largest absolute Gasteiger partial charge is 0.300 e. The second-order valence-electron chi connectivity index (χ2n) is 6.90. The molecule has 2 atom stereocenters. The fraction of sp³-hybridized carbons (Fsp3) is 0.944. The third kappa shape index (κ3) is 5.67. The van der Waals surface area contributed by atoms with Crippen molar-refractivity contribution in [1.29, 1.82) is 0 Å². The minimum atomic E-state index is 0.520. The fourth-order valence-corrected chi connectivity index (χ4v) is 3.86. The van der Waals surface area contributed by atoms with Crippen LogP contribution in [0.15, 0.2) is 0 Å². The Hall–Kier alpha value is -0.330. The summed E-state index contributed by atoms with van der Waals surface area (Å²) in [5.41, 5.74) is 0. The van der Waals surface area contributed by atoms with Crippen molar-refractivity contribution < 1.29 is 4.79 Å². The Bertz CT molecular complexity index is 258. The van der Waals surface area contributed by atoms with Gasteiger partial charge in [0.15, 0.2) is 0 Å². The van der Waals surface area contributed by atoms with Crippen molar-refractivity contribution >= 4 is 5.78 Å². The van der Waals surface area contributed by atoms with Gasteiger partial charge in [-0.1, -0.05) is 57.8 Å². The minimum absolute atomic E-state index is 0.520. The second kappa shape index (κ2) is 8.76. The van der Waals surface area contributed by atoms with Gasteiger partial charge in [0.2, 0.25) is 0 Å². The Balaban J connectivity index is 1.67. The maximum absolute atomic E-state index is 11.7. The molecule has 2 aliphatic rings. The fourth-order valence-electron chi connectivity index (χ4n) is 3.86. The van der Waals surface area contributed by atoms with E-state index in [2.05, 4.69) is 0 Å². The second-order valence-corrected chi connectivity index (χ2v) is 6.90. The highest BCUT2D eigenvalue weighted by Crippen LogP contribution is 2.41.